The van der Waals surface area contributed by atoms with E-state index in [1.165, 1.54) is 12.1 Å². The zero-order valence-corrected chi connectivity index (χ0v) is 10.8. The van der Waals surface area contributed by atoms with Crippen molar-refractivity contribution < 1.29 is 4.39 Å². The predicted molar refractivity (Wildman–Crippen MR) is 68.6 cm³/mol. The highest BCUT2D eigenvalue weighted by Gasteiger charge is 2.30. The molecule has 0 amide bonds. The molecule has 1 aromatic rings. The number of nitrogens with zero attached hydrogens (tertiary/aromatic N) is 1. The Labute approximate surface area is 107 Å². The molecule has 2 rings (SSSR count). The molecule has 0 bridgehead atoms. The van der Waals surface area contributed by atoms with E-state index in [9.17, 15) is 4.39 Å². The zero-order valence-electron chi connectivity index (χ0n) is 10.00. The van der Waals surface area contributed by atoms with Gasteiger partial charge in [0.25, 0.3) is 0 Å². The lowest BCUT2D eigenvalue weighted by molar-refractivity contribution is 0.125. The van der Waals surface area contributed by atoms with Crippen molar-refractivity contribution in [2.24, 2.45) is 11.7 Å². The first-order valence-corrected chi connectivity index (χ1v) is 6.36. The van der Waals surface area contributed by atoms with Crippen molar-refractivity contribution in [1.29, 1.82) is 0 Å². The maximum Gasteiger partial charge on any atom is 0.124 e. The number of hydrogen-bond donors (Lipinski definition) is 1. The van der Waals surface area contributed by atoms with Crippen LogP contribution in [0.2, 0.25) is 5.02 Å². The van der Waals surface area contributed by atoms with Gasteiger partial charge >= 0.3 is 0 Å². The highest BCUT2D eigenvalue weighted by atomic mass is 35.5. The average Bonchev–Trinajstić information content (AvgIpc) is 2.30. The number of hydrogen-bond acceptors (Lipinski definition) is 2. The summed E-state index contributed by atoms with van der Waals surface area (Å²) < 4.78 is 13.1. The number of benzene rings is 1. The molecule has 2 atom stereocenters. The average molecular weight is 257 g/mol. The van der Waals surface area contributed by atoms with E-state index in [1.807, 2.05) is 0 Å². The van der Waals surface area contributed by atoms with Crippen LogP contribution in [0, 0.1) is 11.7 Å². The first kappa shape index (κ1) is 12.8. The van der Waals surface area contributed by atoms with Gasteiger partial charge in [-0.3, -0.25) is 4.90 Å². The van der Waals surface area contributed by atoms with Crippen molar-refractivity contribution in [2.45, 2.75) is 18.9 Å². The summed E-state index contributed by atoms with van der Waals surface area (Å²) in [6.45, 7) is 1.68. The van der Waals surface area contributed by atoms with E-state index in [0.717, 1.165) is 24.9 Å². The summed E-state index contributed by atoms with van der Waals surface area (Å²) in [5, 5.41) is 0.502. The van der Waals surface area contributed by atoms with Crippen LogP contribution >= 0.6 is 11.6 Å². The minimum Gasteiger partial charge on any atom is -0.330 e. The van der Waals surface area contributed by atoms with E-state index in [1.54, 1.807) is 6.07 Å². The Morgan fingerprint density at radius 3 is 2.94 bits per heavy atom. The molecule has 2 unspecified atom stereocenters. The second-order valence-electron chi connectivity index (χ2n) is 4.73. The molecule has 1 aliphatic heterocycles. The highest BCUT2D eigenvalue weighted by Crippen LogP contribution is 2.37. The van der Waals surface area contributed by atoms with E-state index < -0.39 is 0 Å². The molecule has 1 saturated heterocycles. The second kappa shape index (κ2) is 5.34. The third-order valence-corrected chi connectivity index (χ3v) is 3.92. The molecule has 94 valence electrons. The van der Waals surface area contributed by atoms with Crippen molar-refractivity contribution in [1.82, 2.24) is 4.90 Å². The lowest BCUT2D eigenvalue weighted by atomic mass is 9.85. The van der Waals surface area contributed by atoms with Gasteiger partial charge in [0, 0.05) is 11.1 Å². The Hall–Kier alpha value is -0.640. The van der Waals surface area contributed by atoms with Gasteiger partial charge in [0.2, 0.25) is 0 Å². The molecule has 1 aliphatic rings. The molecule has 17 heavy (non-hydrogen) atoms. The maximum atomic E-state index is 13.1. The predicted octanol–water partition coefficient (Wildman–Crippen LogP) is 2.82. The molecule has 4 heteroatoms. The molecular weight excluding hydrogens is 239 g/mol. The van der Waals surface area contributed by atoms with Gasteiger partial charge in [-0.1, -0.05) is 17.7 Å². The van der Waals surface area contributed by atoms with Crippen molar-refractivity contribution in [3.8, 4) is 0 Å². The van der Waals surface area contributed by atoms with Gasteiger partial charge in [-0.2, -0.15) is 0 Å². The largest absolute Gasteiger partial charge is 0.330 e. The first-order chi connectivity index (χ1) is 8.13. The molecule has 0 aliphatic carbocycles. The van der Waals surface area contributed by atoms with Crippen LogP contribution in [0.25, 0.3) is 0 Å². The van der Waals surface area contributed by atoms with Gasteiger partial charge in [0.05, 0.1) is 0 Å². The van der Waals surface area contributed by atoms with Gasteiger partial charge in [-0.05, 0) is 56.6 Å². The van der Waals surface area contributed by atoms with Crippen LogP contribution in [0.5, 0.6) is 0 Å². The fraction of sp³-hybridized carbons (Fsp3) is 0.538. The number of likely N-dealkylation sites (tertiary alicyclic amines) is 1. The van der Waals surface area contributed by atoms with Crippen LogP contribution in [0.3, 0.4) is 0 Å². The Bertz CT molecular complexity index is 397. The van der Waals surface area contributed by atoms with E-state index in [0.29, 0.717) is 17.5 Å². The summed E-state index contributed by atoms with van der Waals surface area (Å²) in [6, 6.07) is 4.85. The van der Waals surface area contributed by atoms with Crippen molar-refractivity contribution in [3.63, 3.8) is 0 Å². The minimum absolute atomic E-state index is 0.210. The topological polar surface area (TPSA) is 29.3 Å². The lowest BCUT2D eigenvalue weighted by Gasteiger charge is -2.39. The number of nitrogens with two attached hydrogens (primary N) is 1. The molecule has 1 heterocycles. The van der Waals surface area contributed by atoms with Crippen LogP contribution < -0.4 is 5.73 Å². The summed E-state index contributed by atoms with van der Waals surface area (Å²) in [6.07, 6.45) is 2.27. The van der Waals surface area contributed by atoms with E-state index in [4.69, 9.17) is 17.3 Å². The Kier molecular flexibility index (Phi) is 4.02. The smallest absolute Gasteiger partial charge is 0.124 e. The zero-order chi connectivity index (χ0) is 12.4. The number of halogens is 2. The van der Waals surface area contributed by atoms with Crippen LogP contribution in [-0.2, 0) is 0 Å². The first-order valence-electron chi connectivity index (χ1n) is 5.98. The summed E-state index contributed by atoms with van der Waals surface area (Å²) in [5.74, 6) is 0.109. The number of rotatable bonds is 2. The number of piperidine rings is 1. The van der Waals surface area contributed by atoms with Crippen molar-refractivity contribution in [3.05, 3.63) is 34.6 Å². The van der Waals surface area contributed by atoms with E-state index in [-0.39, 0.29) is 11.9 Å². The molecule has 0 saturated carbocycles. The summed E-state index contributed by atoms with van der Waals surface area (Å²) >= 11 is 6.14. The molecule has 2 N–H and O–H groups in total. The van der Waals surface area contributed by atoms with Crippen LogP contribution in [-0.4, -0.2) is 25.0 Å². The molecular formula is C13H18ClFN2. The van der Waals surface area contributed by atoms with Crippen LogP contribution in [0.4, 0.5) is 4.39 Å². The van der Waals surface area contributed by atoms with Gasteiger partial charge in [-0.25, -0.2) is 4.39 Å². The van der Waals surface area contributed by atoms with Crippen molar-refractivity contribution in [2.75, 3.05) is 20.1 Å². The fourth-order valence-electron chi connectivity index (χ4n) is 2.74. The van der Waals surface area contributed by atoms with E-state index in [2.05, 4.69) is 11.9 Å². The SMILES string of the molecule is CN1CCCC(CN)C1c1ccc(F)cc1Cl. The normalized spacial score (nSPS) is 26.1. The molecule has 1 fully saturated rings. The van der Waals surface area contributed by atoms with Crippen LogP contribution in [0.15, 0.2) is 18.2 Å². The van der Waals surface area contributed by atoms with Gasteiger partial charge < -0.3 is 5.73 Å². The molecule has 0 aromatic heterocycles. The third-order valence-electron chi connectivity index (χ3n) is 3.59. The lowest BCUT2D eigenvalue weighted by Crippen LogP contribution is -2.39. The van der Waals surface area contributed by atoms with Crippen LogP contribution in [0.1, 0.15) is 24.4 Å². The maximum absolute atomic E-state index is 13.1. The monoisotopic (exact) mass is 256 g/mol. The molecule has 2 nitrogen and oxygen atoms in total. The third kappa shape index (κ3) is 2.62. The fourth-order valence-corrected chi connectivity index (χ4v) is 3.02. The summed E-state index contributed by atoms with van der Waals surface area (Å²) in [4.78, 5) is 2.26. The minimum atomic E-state index is -0.290. The Morgan fingerprint density at radius 1 is 1.53 bits per heavy atom. The molecule has 1 aromatic carbocycles. The van der Waals surface area contributed by atoms with E-state index >= 15 is 0 Å². The quantitative estimate of drug-likeness (QED) is 0.882. The Morgan fingerprint density at radius 2 is 2.29 bits per heavy atom. The van der Waals surface area contributed by atoms with Gasteiger partial charge in [0.1, 0.15) is 5.82 Å². The summed E-state index contributed by atoms with van der Waals surface area (Å²) in [5.41, 5.74) is 6.82. The molecule has 0 radical (unpaired) electrons. The van der Waals surface area contributed by atoms with Gasteiger partial charge in [0.15, 0.2) is 0 Å². The van der Waals surface area contributed by atoms with Crippen molar-refractivity contribution >= 4 is 11.6 Å². The second-order valence-corrected chi connectivity index (χ2v) is 5.14. The standard InChI is InChI=1S/C13H18ClFN2/c1-17-6-2-3-9(8-16)13(17)11-5-4-10(15)7-12(11)14/h4-5,7,9,13H,2-3,6,8,16H2,1H3. The van der Waals surface area contributed by atoms with Gasteiger partial charge in [-0.15, -0.1) is 0 Å². The summed E-state index contributed by atoms with van der Waals surface area (Å²) in [7, 11) is 2.08. The molecule has 0 spiro atoms. The Balaban J connectivity index is 2.34. The highest BCUT2D eigenvalue weighted by molar-refractivity contribution is 6.31.